The van der Waals surface area contributed by atoms with Crippen LogP contribution in [0.4, 0.5) is 0 Å². The maximum Gasteiger partial charge on any atom is 1.00 e. The van der Waals surface area contributed by atoms with Gasteiger partial charge in [-0.25, -0.2) is 0 Å². The topological polar surface area (TPSA) is 17.1 Å². The molecule has 0 aliphatic carbocycles. The molecule has 0 N–H and O–H groups in total. The first-order valence-corrected chi connectivity index (χ1v) is 6.77. The van der Waals surface area contributed by atoms with Crippen LogP contribution in [-0.4, -0.2) is 11.9 Å². The number of rotatable bonds is 4. The van der Waals surface area contributed by atoms with Crippen molar-refractivity contribution in [2.45, 2.75) is 13.3 Å². The summed E-state index contributed by atoms with van der Waals surface area (Å²) in [4.78, 5) is 12.2. The Morgan fingerprint density at radius 2 is 1.74 bits per heavy atom. The van der Waals surface area contributed by atoms with Crippen LogP contribution in [0.15, 0.2) is 48.5 Å². The summed E-state index contributed by atoms with van der Waals surface area (Å²) in [5.74, 6) is 0.196. The van der Waals surface area contributed by atoms with Gasteiger partial charge in [0.25, 0.3) is 0 Å². The Bertz CT molecular complexity index is 552. The largest absolute Gasteiger partial charge is 1.00 e. The van der Waals surface area contributed by atoms with E-state index in [1.54, 1.807) is 0 Å². The van der Waals surface area contributed by atoms with Gasteiger partial charge in [-0.3, -0.25) is 4.79 Å². The van der Waals surface area contributed by atoms with Crippen LogP contribution in [0, 0.1) is 6.92 Å². The van der Waals surface area contributed by atoms with Gasteiger partial charge in [0.15, 0.2) is 5.78 Å². The molecule has 3 heteroatoms. The van der Waals surface area contributed by atoms with Crippen molar-refractivity contribution in [2.24, 2.45) is 0 Å². The molecule has 2 aromatic rings. The van der Waals surface area contributed by atoms with E-state index in [1.807, 2.05) is 55.5 Å². The maximum atomic E-state index is 12.2. The van der Waals surface area contributed by atoms with Gasteiger partial charge in [-0.05, 0) is 30.0 Å². The third-order valence-corrected chi connectivity index (χ3v) is 3.24. The van der Waals surface area contributed by atoms with E-state index in [-0.39, 0.29) is 24.6 Å². The van der Waals surface area contributed by atoms with Crippen molar-refractivity contribution >= 4 is 15.0 Å². The minimum atomic E-state index is 0. The molecule has 0 aromatic heterocycles. The summed E-state index contributed by atoms with van der Waals surface area (Å²) in [5, 5.41) is 0. The first kappa shape index (κ1) is 16.2. The predicted molar refractivity (Wildman–Crippen MR) is 78.7 cm³/mol. The first-order valence-electron chi connectivity index (χ1n) is 6.07. The molecular weight excluding hydrogens is 246 g/mol. The van der Waals surface area contributed by atoms with E-state index in [0.717, 1.165) is 22.3 Å². The SMILES string of the molecule is Cc1cccc(-c2ccccc2)c1C(=O)CC[PH-].[Li+]. The predicted octanol–water partition coefficient (Wildman–Crippen LogP) is 1.38. The second-order valence-electron chi connectivity index (χ2n) is 4.29. The van der Waals surface area contributed by atoms with E-state index < -0.39 is 0 Å². The van der Waals surface area contributed by atoms with Crippen LogP contribution in [0.3, 0.4) is 0 Å². The molecule has 0 aliphatic rings. The molecule has 0 atom stereocenters. The number of Topliss-reactive ketones (excluding diaryl/α,β-unsaturated/α-hetero) is 1. The molecule has 0 unspecified atom stereocenters. The van der Waals surface area contributed by atoms with E-state index in [1.165, 1.54) is 0 Å². The van der Waals surface area contributed by atoms with Gasteiger partial charge in [-0.15, -0.1) is 0 Å². The molecule has 0 saturated carbocycles. The number of benzene rings is 2. The molecule has 0 heterocycles. The van der Waals surface area contributed by atoms with Crippen LogP contribution >= 0.6 is 9.24 Å². The summed E-state index contributed by atoms with van der Waals surface area (Å²) in [7, 11) is 3.38. The molecule has 0 fully saturated rings. The number of hydrogen-bond donors (Lipinski definition) is 0. The number of hydrogen-bond acceptors (Lipinski definition) is 1. The van der Waals surface area contributed by atoms with Gasteiger partial charge in [-0.1, -0.05) is 48.5 Å². The standard InChI is InChI=1S/C16H16OP.Li/c1-12-6-5-9-14(13-7-3-2-4-8-13)16(12)15(17)10-11-18;/h2-9,18H,10-11H2,1H3;/q-1;+1. The third kappa shape index (κ3) is 3.80. The summed E-state index contributed by atoms with van der Waals surface area (Å²) >= 11 is 0. The minimum Gasteiger partial charge on any atom is -0.558 e. The van der Waals surface area contributed by atoms with Gasteiger partial charge in [0, 0.05) is 5.56 Å². The van der Waals surface area contributed by atoms with E-state index in [4.69, 9.17) is 0 Å². The van der Waals surface area contributed by atoms with Gasteiger partial charge in [0.1, 0.15) is 0 Å². The normalized spacial score (nSPS) is 9.79. The fourth-order valence-electron chi connectivity index (χ4n) is 2.13. The molecule has 0 spiro atoms. The molecule has 0 bridgehead atoms. The summed E-state index contributed by atoms with van der Waals surface area (Å²) in [6.45, 7) is 1.99. The molecular formula is C16H16LiOP. The van der Waals surface area contributed by atoms with Crippen molar-refractivity contribution < 1.29 is 23.7 Å². The Morgan fingerprint density at radius 1 is 1.05 bits per heavy atom. The van der Waals surface area contributed by atoms with E-state index in [0.29, 0.717) is 12.6 Å². The van der Waals surface area contributed by atoms with Crippen LogP contribution in [0.2, 0.25) is 0 Å². The number of ketones is 1. The van der Waals surface area contributed by atoms with E-state index in [9.17, 15) is 4.79 Å². The number of carbonyl (C=O) groups excluding carboxylic acids is 1. The Hall–Kier alpha value is -0.863. The molecule has 92 valence electrons. The minimum absolute atomic E-state index is 0. The van der Waals surface area contributed by atoms with Crippen LogP contribution in [-0.2, 0) is 0 Å². The van der Waals surface area contributed by atoms with Crippen molar-refractivity contribution in [3.8, 4) is 11.1 Å². The van der Waals surface area contributed by atoms with Gasteiger partial charge in [0.2, 0.25) is 0 Å². The monoisotopic (exact) mass is 262 g/mol. The van der Waals surface area contributed by atoms with Crippen LogP contribution < -0.4 is 18.9 Å². The fraction of sp³-hybridized carbons (Fsp3) is 0.188. The van der Waals surface area contributed by atoms with Crippen molar-refractivity contribution in [1.29, 1.82) is 0 Å². The first-order chi connectivity index (χ1) is 8.74. The maximum absolute atomic E-state index is 12.2. The Labute approximate surface area is 129 Å². The zero-order valence-electron chi connectivity index (χ0n) is 11.4. The second-order valence-corrected chi connectivity index (χ2v) is 4.79. The quantitative estimate of drug-likeness (QED) is 0.462. The van der Waals surface area contributed by atoms with Crippen molar-refractivity contribution in [2.75, 3.05) is 6.16 Å². The molecule has 0 aliphatic heterocycles. The second kappa shape index (κ2) is 7.66. The average Bonchev–Trinajstić information content (AvgIpc) is 2.39. The fourth-order valence-corrected chi connectivity index (χ4v) is 2.36. The molecule has 2 rings (SSSR count). The summed E-state index contributed by atoms with van der Waals surface area (Å²) < 4.78 is 0. The third-order valence-electron chi connectivity index (χ3n) is 2.99. The number of carbonyl (C=O) groups is 1. The Morgan fingerprint density at radius 3 is 2.37 bits per heavy atom. The van der Waals surface area contributed by atoms with Gasteiger partial charge < -0.3 is 9.24 Å². The smallest absolute Gasteiger partial charge is 0.558 e. The zero-order chi connectivity index (χ0) is 13.0. The molecule has 2 aromatic carbocycles. The summed E-state index contributed by atoms with van der Waals surface area (Å²) in [6, 6.07) is 16.1. The van der Waals surface area contributed by atoms with E-state index >= 15 is 0 Å². The summed E-state index contributed by atoms with van der Waals surface area (Å²) in [5.41, 5.74) is 4.02. The van der Waals surface area contributed by atoms with Crippen molar-refractivity contribution in [3.63, 3.8) is 0 Å². The van der Waals surface area contributed by atoms with Gasteiger partial charge in [0.05, 0.1) is 0 Å². The molecule has 19 heavy (non-hydrogen) atoms. The Kier molecular flexibility index (Phi) is 6.53. The molecule has 0 radical (unpaired) electrons. The molecule has 1 nitrogen and oxygen atoms in total. The Balaban J connectivity index is 0.00000180. The summed E-state index contributed by atoms with van der Waals surface area (Å²) in [6.07, 6.45) is 1.23. The van der Waals surface area contributed by atoms with E-state index in [2.05, 4.69) is 9.24 Å². The molecule has 0 amide bonds. The van der Waals surface area contributed by atoms with Crippen LogP contribution in [0.1, 0.15) is 22.3 Å². The average molecular weight is 262 g/mol. The van der Waals surface area contributed by atoms with Gasteiger partial charge >= 0.3 is 18.9 Å². The van der Waals surface area contributed by atoms with Gasteiger partial charge in [-0.2, -0.15) is 6.16 Å². The zero-order valence-corrected chi connectivity index (χ0v) is 12.4. The molecule has 0 saturated heterocycles. The van der Waals surface area contributed by atoms with Crippen LogP contribution in [0.25, 0.3) is 11.1 Å². The van der Waals surface area contributed by atoms with Crippen LogP contribution in [0.5, 0.6) is 0 Å². The van der Waals surface area contributed by atoms with Crippen molar-refractivity contribution in [3.05, 3.63) is 59.7 Å². The van der Waals surface area contributed by atoms with Crippen molar-refractivity contribution in [1.82, 2.24) is 0 Å². The number of aryl methyl sites for hydroxylation is 1.